The van der Waals surface area contributed by atoms with Crippen molar-refractivity contribution < 1.29 is 4.39 Å². The van der Waals surface area contributed by atoms with Gasteiger partial charge in [-0.05, 0) is 43.7 Å². The van der Waals surface area contributed by atoms with Crippen molar-refractivity contribution in [1.82, 2.24) is 9.88 Å². The van der Waals surface area contributed by atoms with Gasteiger partial charge in [-0.15, -0.1) is 0 Å². The quantitative estimate of drug-likeness (QED) is 0.858. The van der Waals surface area contributed by atoms with Crippen LogP contribution in [-0.2, 0) is 0 Å². The maximum absolute atomic E-state index is 13.1. The van der Waals surface area contributed by atoms with Crippen LogP contribution in [0.1, 0.15) is 44.9 Å². The number of rotatable bonds is 4. The van der Waals surface area contributed by atoms with Crippen molar-refractivity contribution in [3.8, 4) is 0 Å². The lowest BCUT2D eigenvalue weighted by molar-refractivity contribution is 0.168. The monoisotopic (exact) mass is 291 g/mol. The first-order valence-corrected chi connectivity index (χ1v) is 8.41. The maximum atomic E-state index is 13.1. The van der Waals surface area contributed by atoms with Crippen molar-refractivity contribution in [3.63, 3.8) is 0 Å². The Morgan fingerprint density at radius 2 is 1.86 bits per heavy atom. The molecule has 4 heteroatoms. The van der Waals surface area contributed by atoms with Gasteiger partial charge in [0.25, 0.3) is 0 Å². The zero-order chi connectivity index (χ0) is 14.5. The topological polar surface area (TPSA) is 28.2 Å². The zero-order valence-corrected chi connectivity index (χ0v) is 12.7. The normalized spacial score (nSPS) is 22.3. The SMILES string of the molecule is Fc1cccc(NC2CCN(CC3CCCCC3)CC2)n1. The van der Waals surface area contributed by atoms with Crippen LogP contribution in [0.15, 0.2) is 18.2 Å². The predicted molar refractivity (Wildman–Crippen MR) is 83.9 cm³/mol. The van der Waals surface area contributed by atoms with Crippen LogP contribution in [0.4, 0.5) is 10.2 Å². The van der Waals surface area contributed by atoms with Crippen molar-refractivity contribution in [2.45, 2.75) is 51.0 Å². The molecule has 0 bridgehead atoms. The molecule has 0 spiro atoms. The number of anilines is 1. The molecule has 0 unspecified atom stereocenters. The van der Waals surface area contributed by atoms with Crippen LogP contribution in [-0.4, -0.2) is 35.6 Å². The highest BCUT2D eigenvalue weighted by atomic mass is 19.1. The summed E-state index contributed by atoms with van der Waals surface area (Å²) in [7, 11) is 0. The Morgan fingerprint density at radius 3 is 2.57 bits per heavy atom. The molecule has 1 aromatic rings. The average Bonchev–Trinajstić information content (AvgIpc) is 2.50. The molecule has 21 heavy (non-hydrogen) atoms. The molecule has 0 atom stereocenters. The number of hydrogen-bond acceptors (Lipinski definition) is 3. The van der Waals surface area contributed by atoms with E-state index in [0.29, 0.717) is 11.9 Å². The fraction of sp³-hybridized carbons (Fsp3) is 0.706. The molecule has 2 heterocycles. The second kappa shape index (κ2) is 7.21. The fourth-order valence-corrected chi connectivity index (χ4v) is 3.69. The van der Waals surface area contributed by atoms with E-state index in [1.54, 1.807) is 6.07 Å². The summed E-state index contributed by atoms with van der Waals surface area (Å²) in [6, 6.07) is 5.38. The van der Waals surface area contributed by atoms with Crippen LogP contribution in [0.2, 0.25) is 0 Å². The Hall–Kier alpha value is -1.16. The van der Waals surface area contributed by atoms with E-state index in [0.717, 1.165) is 31.8 Å². The van der Waals surface area contributed by atoms with E-state index in [9.17, 15) is 4.39 Å². The Balaban J connectivity index is 1.42. The number of nitrogens with one attached hydrogen (secondary N) is 1. The van der Waals surface area contributed by atoms with Crippen LogP contribution in [0.25, 0.3) is 0 Å². The third-order valence-electron chi connectivity index (χ3n) is 4.90. The van der Waals surface area contributed by atoms with Gasteiger partial charge in [-0.2, -0.15) is 4.39 Å². The fourth-order valence-electron chi connectivity index (χ4n) is 3.69. The number of piperidine rings is 1. The molecule has 2 aliphatic rings. The van der Waals surface area contributed by atoms with E-state index in [1.807, 2.05) is 6.07 Å². The van der Waals surface area contributed by atoms with Crippen molar-refractivity contribution in [3.05, 3.63) is 24.1 Å². The van der Waals surface area contributed by atoms with Crippen LogP contribution in [0.5, 0.6) is 0 Å². The summed E-state index contributed by atoms with van der Waals surface area (Å²) in [6.07, 6.45) is 9.39. The lowest BCUT2D eigenvalue weighted by atomic mass is 9.88. The summed E-state index contributed by atoms with van der Waals surface area (Å²) < 4.78 is 13.1. The van der Waals surface area contributed by atoms with Gasteiger partial charge in [0.2, 0.25) is 5.95 Å². The molecule has 116 valence electrons. The highest BCUT2D eigenvalue weighted by Crippen LogP contribution is 2.25. The van der Waals surface area contributed by atoms with E-state index in [4.69, 9.17) is 0 Å². The van der Waals surface area contributed by atoms with E-state index < -0.39 is 5.95 Å². The van der Waals surface area contributed by atoms with E-state index in [2.05, 4.69) is 15.2 Å². The Morgan fingerprint density at radius 1 is 1.10 bits per heavy atom. The molecular formula is C17H26FN3. The number of hydrogen-bond donors (Lipinski definition) is 1. The number of aromatic nitrogens is 1. The van der Waals surface area contributed by atoms with Crippen molar-refractivity contribution in [2.75, 3.05) is 25.0 Å². The van der Waals surface area contributed by atoms with Crippen LogP contribution >= 0.6 is 0 Å². The van der Waals surface area contributed by atoms with Gasteiger partial charge in [0.1, 0.15) is 5.82 Å². The molecule has 1 saturated carbocycles. The molecular weight excluding hydrogens is 265 g/mol. The molecule has 1 aliphatic carbocycles. The van der Waals surface area contributed by atoms with Gasteiger partial charge in [-0.1, -0.05) is 25.3 Å². The smallest absolute Gasteiger partial charge is 0.214 e. The third-order valence-corrected chi connectivity index (χ3v) is 4.90. The van der Waals surface area contributed by atoms with Gasteiger partial charge in [-0.25, -0.2) is 4.98 Å². The minimum atomic E-state index is -0.408. The van der Waals surface area contributed by atoms with E-state index in [1.165, 1.54) is 44.7 Å². The van der Waals surface area contributed by atoms with Gasteiger partial charge >= 0.3 is 0 Å². The second-order valence-corrected chi connectivity index (χ2v) is 6.57. The first kappa shape index (κ1) is 14.8. The first-order valence-electron chi connectivity index (χ1n) is 8.41. The predicted octanol–water partition coefficient (Wildman–Crippen LogP) is 3.68. The average molecular weight is 291 g/mol. The van der Waals surface area contributed by atoms with Crippen molar-refractivity contribution in [2.24, 2.45) is 5.92 Å². The summed E-state index contributed by atoms with van der Waals surface area (Å²) in [4.78, 5) is 6.51. The molecule has 3 nitrogen and oxygen atoms in total. The summed E-state index contributed by atoms with van der Waals surface area (Å²) >= 11 is 0. The summed E-state index contributed by atoms with van der Waals surface area (Å²) in [5.74, 6) is 1.18. The molecule has 0 aromatic carbocycles. The first-order chi connectivity index (χ1) is 10.3. The van der Waals surface area contributed by atoms with Crippen molar-refractivity contribution in [1.29, 1.82) is 0 Å². The molecule has 2 fully saturated rings. The second-order valence-electron chi connectivity index (χ2n) is 6.57. The number of likely N-dealkylation sites (tertiary alicyclic amines) is 1. The van der Waals surface area contributed by atoms with Gasteiger partial charge in [0.15, 0.2) is 0 Å². The molecule has 1 N–H and O–H groups in total. The van der Waals surface area contributed by atoms with Gasteiger partial charge in [0.05, 0.1) is 0 Å². The molecule has 1 aliphatic heterocycles. The molecule has 0 amide bonds. The van der Waals surface area contributed by atoms with Crippen molar-refractivity contribution >= 4 is 5.82 Å². The third kappa shape index (κ3) is 4.40. The summed E-state index contributed by atoms with van der Waals surface area (Å²) in [6.45, 7) is 3.60. The molecule has 1 aromatic heterocycles. The number of nitrogens with zero attached hydrogens (tertiary/aromatic N) is 2. The lowest BCUT2D eigenvalue weighted by Gasteiger charge is -2.35. The standard InChI is InChI=1S/C17H26FN3/c18-16-7-4-8-17(20-16)19-15-9-11-21(12-10-15)13-14-5-2-1-3-6-14/h4,7-8,14-15H,1-3,5-6,9-13H2,(H,19,20). The number of halogens is 1. The summed E-state index contributed by atoms with van der Waals surface area (Å²) in [5, 5.41) is 3.37. The lowest BCUT2D eigenvalue weighted by Crippen LogP contribution is -2.41. The molecule has 3 rings (SSSR count). The molecule has 0 radical (unpaired) electrons. The van der Waals surface area contributed by atoms with Crippen LogP contribution in [0, 0.1) is 11.9 Å². The van der Waals surface area contributed by atoms with Gasteiger partial charge < -0.3 is 10.2 Å². The largest absolute Gasteiger partial charge is 0.367 e. The zero-order valence-electron chi connectivity index (χ0n) is 12.7. The Labute approximate surface area is 126 Å². The maximum Gasteiger partial charge on any atom is 0.214 e. The van der Waals surface area contributed by atoms with Crippen LogP contribution in [0.3, 0.4) is 0 Å². The summed E-state index contributed by atoms with van der Waals surface area (Å²) in [5.41, 5.74) is 0. The Kier molecular flexibility index (Phi) is 5.07. The number of pyridine rings is 1. The highest BCUT2D eigenvalue weighted by Gasteiger charge is 2.22. The van der Waals surface area contributed by atoms with E-state index >= 15 is 0 Å². The van der Waals surface area contributed by atoms with Crippen LogP contribution < -0.4 is 5.32 Å². The minimum Gasteiger partial charge on any atom is -0.367 e. The molecule has 1 saturated heterocycles. The highest BCUT2D eigenvalue weighted by molar-refractivity contribution is 5.34. The van der Waals surface area contributed by atoms with Gasteiger partial charge in [0, 0.05) is 25.7 Å². The minimum absolute atomic E-state index is 0.408. The Bertz CT molecular complexity index is 437. The van der Waals surface area contributed by atoms with E-state index in [-0.39, 0.29) is 0 Å². The van der Waals surface area contributed by atoms with Gasteiger partial charge in [-0.3, -0.25) is 0 Å².